The van der Waals surface area contributed by atoms with E-state index in [1.54, 1.807) is 4.57 Å². The summed E-state index contributed by atoms with van der Waals surface area (Å²) in [7, 11) is 0. The van der Waals surface area contributed by atoms with E-state index >= 15 is 0 Å². The van der Waals surface area contributed by atoms with Crippen molar-refractivity contribution in [1.82, 2.24) is 24.6 Å². The normalized spacial score (nSPS) is 23.1. The van der Waals surface area contributed by atoms with Crippen LogP contribution in [0.15, 0.2) is 35.1 Å². The van der Waals surface area contributed by atoms with Gasteiger partial charge in [-0.05, 0) is 71.3 Å². The molecule has 2 aromatic rings. The molecule has 1 aromatic heterocycles. The summed E-state index contributed by atoms with van der Waals surface area (Å²) >= 11 is 0. The van der Waals surface area contributed by atoms with Crippen molar-refractivity contribution in [3.05, 3.63) is 46.6 Å². The maximum Gasteiger partial charge on any atom is 0.347 e. The minimum atomic E-state index is -0.140. The number of nitrogens with one attached hydrogen (secondary N) is 1. The van der Waals surface area contributed by atoms with Crippen molar-refractivity contribution in [3.63, 3.8) is 0 Å². The Morgan fingerprint density at radius 3 is 2.52 bits per heavy atom. The van der Waals surface area contributed by atoms with Crippen molar-refractivity contribution in [3.8, 4) is 5.69 Å². The zero-order valence-electron chi connectivity index (χ0n) is 16.5. The Labute approximate surface area is 161 Å². The SMILES string of the molecule is CC(C)N1CCC(N2CCCC(c3n[nH]c(=O)n3-c3ccccc3)C2)CC1. The van der Waals surface area contributed by atoms with E-state index in [0.29, 0.717) is 18.0 Å². The molecule has 0 spiro atoms. The summed E-state index contributed by atoms with van der Waals surface area (Å²) in [5.74, 6) is 1.19. The lowest BCUT2D eigenvalue weighted by atomic mass is 9.93. The smallest absolute Gasteiger partial charge is 0.301 e. The van der Waals surface area contributed by atoms with Gasteiger partial charge in [-0.1, -0.05) is 18.2 Å². The van der Waals surface area contributed by atoms with Gasteiger partial charge in [0.25, 0.3) is 0 Å². The van der Waals surface area contributed by atoms with Gasteiger partial charge in [0.05, 0.1) is 5.69 Å². The Morgan fingerprint density at radius 1 is 1.07 bits per heavy atom. The molecular formula is C21H31N5O. The van der Waals surface area contributed by atoms with Crippen LogP contribution in [0.1, 0.15) is 51.3 Å². The first-order valence-electron chi connectivity index (χ1n) is 10.3. The zero-order valence-corrected chi connectivity index (χ0v) is 16.5. The molecular weight excluding hydrogens is 338 g/mol. The molecule has 1 atom stereocenters. The van der Waals surface area contributed by atoms with Gasteiger partial charge in [-0.2, -0.15) is 5.10 Å². The fraction of sp³-hybridized carbons (Fsp3) is 0.619. The van der Waals surface area contributed by atoms with Crippen LogP contribution in [0.2, 0.25) is 0 Å². The second-order valence-electron chi connectivity index (χ2n) is 8.25. The van der Waals surface area contributed by atoms with Crippen LogP contribution in [-0.2, 0) is 0 Å². The number of aromatic amines is 1. The fourth-order valence-corrected chi connectivity index (χ4v) is 4.73. The maximum atomic E-state index is 12.4. The van der Waals surface area contributed by atoms with Crippen molar-refractivity contribution in [2.75, 3.05) is 26.2 Å². The number of rotatable bonds is 4. The summed E-state index contributed by atoms with van der Waals surface area (Å²) in [6.45, 7) is 9.14. The Morgan fingerprint density at radius 2 is 1.81 bits per heavy atom. The monoisotopic (exact) mass is 369 g/mol. The van der Waals surface area contributed by atoms with Gasteiger partial charge in [-0.3, -0.25) is 4.90 Å². The molecule has 0 saturated carbocycles. The van der Waals surface area contributed by atoms with Crippen molar-refractivity contribution < 1.29 is 0 Å². The number of likely N-dealkylation sites (tertiary alicyclic amines) is 2. The van der Waals surface area contributed by atoms with Crippen molar-refractivity contribution >= 4 is 0 Å². The summed E-state index contributed by atoms with van der Waals surface area (Å²) in [5, 5.41) is 7.10. The highest BCUT2D eigenvalue weighted by molar-refractivity contribution is 5.32. The summed E-state index contributed by atoms with van der Waals surface area (Å²) < 4.78 is 1.76. The summed E-state index contributed by atoms with van der Waals surface area (Å²) in [6, 6.07) is 11.2. The molecule has 2 fully saturated rings. The molecule has 6 nitrogen and oxygen atoms in total. The molecule has 0 bridgehead atoms. The van der Waals surface area contributed by atoms with Crippen LogP contribution in [-0.4, -0.2) is 62.8 Å². The molecule has 0 amide bonds. The lowest BCUT2D eigenvalue weighted by molar-refractivity contribution is 0.0721. The zero-order chi connectivity index (χ0) is 18.8. The number of hydrogen-bond donors (Lipinski definition) is 1. The highest BCUT2D eigenvalue weighted by Gasteiger charge is 2.32. The van der Waals surface area contributed by atoms with E-state index in [9.17, 15) is 4.79 Å². The first-order chi connectivity index (χ1) is 13.1. The highest BCUT2D eigenvalue weighted by Crippen LogP contribution is 2.30. The Hall–Kier alpha value is -1.92. The molecule has 0 radical (unpaired) electrons. The number of H-pyrrole nitrogens is 1. The van der Waals surface area contributed by atoms with Crippen LogP contribution in [0.25, 0.3) is 5.69 Å². The number of nitrogens with zero attached hydrogens (tertiary/aromatic N) is 4. The summed E-state index contributed by atoms with van der Waals surface area (Å²) in [6.07, 6.45) is 4.76. The Bertz CT molecular complexity index is 788. The number of para-hydroxylation sites is 1. The third kappa shape index (κ3) is 3.87. The number of hydrogen-bond acceptors (Lipinski definition) is 4. The van der Waals surface area contributed by atoms with E-state index in [2.05, 4.69) is 33.8 Å². The second-order valence-corrected chi connectivity index (χ2v) is 8.25. The van der Waals surface area contributed by atoms with Gasteiger partial charge in [0.15, 0.2) is 0 Å². The molecule has 2 saturated heterocycles. The molecule has 4 rings (SSSR count). The van der Waals surface area contributed by atoms with Crippen LogP contribution in [0.4, 0.5) is 0 Å². The van der Waals surface area contributed by atoms with Gasteiger partial charge in [0, 0.05) is 24.5 Å². The highest BCUT2D eigenvalue weighted by atomic mass is 16.1. The van der Waals surface area contributed by atoms with Crippen LogP contribution in [0, 0.1) is 0 Å². The van der Waals surface area contributed by atoms with Gasteiger partial charge in [-0.15, -0.1) is 0 Å². The van der Waals surface area contributed by atoms with Gasteiger partial charge in [0.2, 0.25) is 0 Å². The van der Waals surface area contributed by atoms with Gasteiger partial charge < -0.3 is 4.90 Å². The first-order valence-corrected chi connectivity index (χ1v) is 10.3. The van der Waals surface area contributed by atoms with Crippen molar-refractivity contribution in [2.24, 2.45) is 0 Å². The van der Waals surface area contributed by atoms with Gasteiger partial charge in [-0.25, -0.2) is 14.5 Å². The van der Waals surface area contributed by atoms with E-state index in [4.69, 9.17) is 0 Å². The second kappa shape index (κ2) is 7.98. The van der Waals surface area contributed by atoms with E-state index in [0.717, 1.165) is 24.5 Å². The minimum Gasteiger partial charge on any atom is -0.301 e. The molecule has 3 heterocycles. The van der Waals surface area contributed by atoms with Crippen molar-refractivity contribution in [1.29, 1.82) is 0 Å². The molecule has 1 unspecified atom stereocenters. The topological polar surface area (TPSA) is 57.2 Å². The number of benzene rings is 1. The summed E-state index contributed by atoms with van der Waals surface area (Å²) in [4.78, 5) is 17.6. The molecule has 1 N–H and O–H groups in total. The molecule has 2 aliphatic heterocycles. The van der Waals surface area contributed by atoms with E-state index in [1.807, 2.05) is 30.3 Å². The molecule has 6 heteroatoms. The molecule has 2 aliphatic rings. The number of piperidine rings is 2. The molecule has 0 aliphatic carbocycles. The Kier molecular flexibility index (Phi) is 5.45. The van der Waals surface area contributed by atoms with Crippen LogP contribution >= 0.6 is 0 Å². The first kappa shape index (κ1) is 18.4. The average Bonchev–Trinajstić information content (AvgIpc) is 3.10. The molecule has 1 aromatic carbocycles. The largest absolute Gasteiger partial charge is 0.347 e. The summed E-state index contributed by atoms with van der Waals surface area (Å²) in [5.41, 5.74) is 0.757. The predicted octanol–water partition coefficient (Wildman–Crippen LogP) is 2.61. The average molecular weight is 370 g/mol. The molecule has 146 valence electrons. The minimum absolute atomic E-state index is 0.140. The quantitative estimate of drug-likeness (QED) is 0.900. The van der Waals surface area contributed by atoms with Gasteiger partial charge >= 0.3 is 5.69 Å². The third-order valence-corrected chi connectivity index (χ3v) is 6.28. The lowest BCUT2D eigenvalue weighted by Crippen LogP contribution is -2.49. The van der Waals surface area contributed by atoms with Crippen LogP contribution in [0.5, 0.6) is 0 Å². The standard InChI is InChI=1S/C21H31N5O/c1-16(2)24-13-10-18(11-14-24)25-12-6-7-17(15-25)20-22-23-21(27)26(20)19-8-4-3-5-9-19/h3-5,8-9,16-18H,6-7,10-15H2,1-2H3,(H,23,27). The van der Waals surface area contributed by atoms with Gasteiger partial charge in [0.1, 0.15) is 5.82 Å². The van der Waals surface area contributed by atoms with E-state index < -0.39 is 0 Å². The van der Waals surface area contributed by atoms with Crippen LogP contribution < -0.4 is 5.69 Å². The lowest BCUT2D eigenvalue weighted by Gasteiger charge is -2.43. The predicted molar refractivity (Wildman–Crippen MR) is 107 cm³/mol. The van der Waals surface area contributed by atoms with Crippen molar-refractivity contribution in [2.45, 2.75) is 57.5 Å². The Balaban J connectivity index is 1.49. The third-order valence-electron chi connectivity index (χ3n) is 6.28. The maximum absolute atomic E-state index is 12.4. The fourth-order valence-electron chi connectivity index (χ4n) is 4.73. The molecule has 27 heavy (non-hydrogen) atoms. The van der Waals surface area contributed by atoms with Crippen LogP contribution in [0.3, 0.4) is 0 Å². The number of aromatic nitrogens is 3. The van der Waals surface area contributed by atoms with E-state index in [-0.39, 0.29) is 5.69 Å². The van der Waals surface area contributed by atoms with E-state index in [1.165, 1.54) is 38.9 Å².